The third-order valence-electron chi connectivity index (χ3n) is 3.89. The van der Waals surface area contributed by atoms with Crippen LogP contribution in [0, 0.1) is 5.82 Å². The Morgan fingerprint density at radius 3 is 2.53 bits per heavy atom. The van der Waals surface area contributed by atoms with Crippen molar-refractivity contribution in [2.45, 2.75) is 25.9 Å². The van der Waals surface area contributed by atoms with Gasteiger partial charge in [0.1, 0.15) is 5.82 Å². The van der Waals surface area contributed by atoms with Crippen molar-refractivity contribution < 1.29 is 9.18 Å². The number of carbonyl (C=O) groups is 1. The molecule has 1 fully saturated rings. The lowest BCUT2D eigenvalue weighted by Gasteiger charge is -2.41. The minimum absolute atomic E-state index is 0.0661. The number of rotatable bonds is 3. The Labute approximate surface area is 114 Å². The van der Waals surface area contributed by atoms with Gasteiger partial charge in [-0.3, -0.25) is 9.69 Å². The van der Waals surface area contributed by atoms with Crippen LogP contribution in [0.25, 0.3) is 0 Å². The highest BCUT2D eigenvalue weighted by Gasteiger charge is 2.29. The van der Waals surface area contributed by atoms with Gasteiger partial charge < -0.3 is 4.90 Å². The first-order chi connectivity index (χ1) is 8.99. The Morgan fingerprint density at radius 1 is 1.32 bits per heavy atom. The van der Waals surface area contributed by atoms with E-state index in [0.717, 1.165) is 19.6 Å². The molecule has 1 aliphatic rings. The molecule has 2 rings (SSSR count). The SMILES string of the molecule is CC1CN(C)CCN1C(C)C(=O)c1ccc(F)cc1. The lowest BCUT2D eigenvalue weighted by atomic mass is 10.0. The summed E-state index contributed by atoms with van der Waals surface area (Å²) >= 11 is 0. The number of hydrogen-bond donors (Lipinski definition) is 0. The van der Waals surface area contributed by atoms with Gasteiger partial charge in [-0.2, -0.15) is 0 Å². The summed E-state index contributed by atoms with van der Waals surface area (Å²) < 4.78 is 12.9. The van der Waals surface area contributed by atoms with Crippen LogP contribution in [0.5, 0.6) is 0 Å². The van der Waals surface area contributed by atoms with E-state index in [2.05, 4.69) is 23.8 Å². The standard InChI is InChI=1S/C15H21FN2O/c1-11-10-17(3)8-9-18(11)12(2)15(19)13-4-6-14(16)7-5-13/h4-7,11-12H,8-10H2,1-3H3. The van der Waals surface area contributed by atoms with Crippen LogP contribution in [0.2, 0.25) is 0 Å². The monoisotopic (exact) mass is 264 g/mol. The zero-order valence-electron chi connectivity index (χ0n) is 11.8. The van der Waals surface area contributed by atoms with Gasteiger partial charge in [0, 0.05) is 31.2 Å². The quantitative estimate of drug-likeness (QED) is 0.781. The van der Waals surface area contributed by atoms with Gasteiger partial charge in [0.2, 0.25) is 0 Å². The molecule has 0 N–H and O–H groups in total. The van der Waals surface area contributed by atoms with E-state index in [1.165, 1.54) is 12.1 Å². The summed E-state index contributed by atoms with van der Waals surface area (Å²) in [4.78, 5) is 16.9. The maximum absolute atomic E-state index is 12.9. The first-order valence-corrected chi connectivity index (χ1v) is 6.73. The fraction of sp³-hybridized carbons (Fsp3) is 0.533. The van der Waals surface area contributed by atoms with E-state index in [-0.39, 0.29) is 17.6 Å². The Kier molecular flexibility index (Phi) is 4.32. The van der Waals surface area contributed by atoms with Crippen molar-refractivity contribution in [1.82, 2.24) is 9.80 Å². The number of nitrogens with zero attached hydrogens (tertiary/aromatic N) is 2. The van der Waals surface area contributed by atoms with Gasteiger partial charge in [0.15, 0.2) is 5.78 Å². The van der Waals surface area contributed by atoms with Crippen LogP contribution >= 0.6 is 0 Å². The zero-order chi connectivity index (χ0) is 14.0. The summed E-state index contributed by atoms with van der Waals surface area (Å²) in [5.74, 6) is -0.242. The van der Waals surface area contributed by atoms with Crippen molar-refractivity contribution in [1.29, 1.82) is 0 Å². The molecule has 3 nitrogen and oxygen atoms in total. The number of carbonyl (C=O) groups excluding carboxylic acids is 1. The largest absolute Gasteiger partial charge is 0.304 e. The molecule has 2 unspecified atom stereocenters. The third-order valence-corrected chi connectivity index (χ3v) is 3.89. The zero-order valence-corrected chi connectivity index (χ0v) is 11.8. The summed E-state index contributed by atoms with van der Waals surface area (Å²) in [6.07, 6.45) is 0. The Morgan fingerprint density at radius 2 is 1.95 bits per heavy atom. The van der Waals surface area contributed by atoms with Gasteiger partial charge in [-0.25, -0.2) is 4.39 Å². The molecule has 19 heavy (non-hydrogen) atoms. The number of likely N-dealkylation sites (N-methyl/N-ethyl adjacent to an activating group) is 1. The highest BCUT2D eigenvalue weighted by atomic mass is 19.1. The number of Topliss-reactive ketones (excluding diaryl/α,β-unsaturated/α-hetero) is 1. The molecule has 0 aliphatic carbocycles. The van der Waals surface area contributed by atoms with E-state index in [1.807, 2.05) is 6.92 Å². The van der Waals surface area contributed by atoms with Crippen molar-refractivity contribution >= 4 is 5.78 Å². The van der Waals surface area contributed by atoms with Crippen molar-refractivity contribution in [3.8, 4) is 0 Å². The molecule has 104 valence electrons. The molecule has 2 atom stereocenters. The second kappa shape index (κ2) is 5.80. The summed E-state index contributed by atoms with van der Waals surface area (Å²) in [5, 5.41) is 0. The Bertz CT molecular complexity index is 446. The minimum Gasteiger partial charge on any atom is -0.304 e. The van der Waals surface area contributed by atoms with Gasteiger partial charge in [-0.05, 0) is 45.2 Å². The van der Waals surface area contributed by atoms with Crippen molar-refractivity contribution in [3.05, 3.63) is 35.6 Å². The second-order valence-electron chi connectivity index (χ2n) is 5.40. The second-order valence-corrected chi connectivity index (χ2v) is 5.40. The summed E-state index contributed by atoms with van der Waals surface area (Å²) in [6, 6.07) is 6.01. The highest BCUT2D eigenvalue weighted by Crippen LogP contribution is 2.16. The molecule has 1 aromatic carbocycles. The van der Waals surface area contributed by atoms with Gasteiger partial charge in [0.05, 0.1) is 6.04 Å². The van der Waals surface area contributed by atoms with E-state index in [1.54, 1.807) is 12.1 Å². The molecule has 1 aromatic rings. The van der Waals surface area contributed by atoms with E-state index in [9.17, 15) is 9.18 Å². The molecule has 0 saturated carbocycles. The molecular formula is C15H21FN2O. The number of hydrogen-bond acceptors (Lipinski definition) is 3. The van der Waals surface area contributed by atoms with Gasteiger partial charge in [0.25, 0.3) is 0 Å². The highest BCUT2D eigenvalue weighted by molar-refractivity contribution is 5.99. The lowest BCUT2D eigenvalue weighted by Crippen LogP contribution is -2.55. The van der Waals surface area contributed by atoms with Crippen LogP contribution in [0.1, 0.15) is 24.2 Å². The van der Waals surface area contributed by atoms with E-state index in [0.29, 0.717) is 11.6 Å². The first kappa shape index (κ1) is 14.2. The van der Waals surface area contributed by atoms with Crippen LogP contribution in [0.4, 0.5) is 4.39 Å². The van der Waals surface area contributed by atoms with Crippen LogP contribution in [-0.4, -0.2) is 54.3 Å². The van der Waals surface area contributed by atoms with E-state index in [4.69, 9.17) is 0 Å². The fourth-order valence-corrected chi connectivity index (χ4v) is 2.74. The molecule has 0 amide bonds. The Hall–Kier alpha value is -1.26. The molecule has 0 radical (unpaired) electrons. The number of halogens is 1. The molecule has 4 heteroatoms. The summed E-state index contributed by atoms with van der Waals surface area (Å²) in [5.41, 5.74) is 0.583. The molecule has 1 heterocycles. The van der Waals surface area contributed by atoms with E-state index >= 15 is 0 Å². The number of benzene rings is 1. The maximum Gasteiger partial charge on any atom is 0.179 e. The average molecular weight is 264 g/mol. The van der Waals surface area contributed by atoms with Gasteiger partial charge in [-0.15, -0.1) is 0 Å². The number of piperazine rings is 1. The first-order valence-electron chi connectivity index (χ1n) is 6.73. The van der Waals surface area contributed by atoms with Gasteiger partial charge >= 0.3 is 0 Å². The molecular weight excluding hydrogens is 243 g/mol. The lowest BCUT2D eigenvalue weighted by molar-refractivity contribution is 0.0536. The summed E-state index contributed by atoms with van der Waals surface area (Å²) in [6.45, 7) is 6.93. The van der Waals surface area contributed by atoms with E-state index < -0.39 is 0 Å². The third kappa shape index (κ3) is 3.19. The minimum atomic E-state index is -0.308. The van der Waals surface area contributed by atoms with Gasteiger partial charge in [-0.1, -0.05) is 0 Å². The summed E-state index contributed by atoms with van der Waals surface area (Å²) in [7, 11) is 2.10. The Balaban J connectivity index is 2.08. The molecule has 0 aromatic heterocycles. The van der Waals surface area contributed by atoms with Crippen molar-refractivity contribution in [3.63, 3.8) is 0 Å². The topological polar surface area (TPSA) is 23.6 Å². The van der Waals surface area contributed by atoms with Crippen LogP contribution < -0.4 is 0 Å². The average Bonchev–Trinajstić information content (AvgIpc) is 2.38. The predicted molar refractivity (Wildman–Crippen MR) is 73.9 cm³/mol. The molecule has 1 saturated heterocycles. The maximum atomic E-state index is 12.9. The molecule has 0 bridgehead atoms. The number of ketones is 1. The van der Waals surface area contributed by atoms with Crippen LogP contribution in [0.3, 0.4) is 0 Å². The van der Waals surface area contributed by atoms with Crippen LogP contribution in [-0.2, 0) is 0 Å². The predicted octanol–water partition coefficient (Wildman–Crippen LogP) is 2.03. The fourth-order valence-electron chi connectivity index (χ4n) is 2.74. The molecule has 0 spiro atoms. The smallest absolute Gasteiger partial charge is 0.179 e. The van der Waals surface area contributed by atoms with Crippen molar-refractivity contribution in [2.75, 3.05) is 26.7 Å². The normalized spacial score (nSPS) is 23.3. The molecule has 1 aliphatic heterocycles. The van der Waals surface area contributed by atoms with Crippen molar-refractivity contribution in [2.24, 2.45) is 0 Å². The van der Waals surface area contributed by atoms with Crippen LogP contribution in [0.15, 0.2) is 24.3 Å².